The molecule has 140 valence electrons. The summed E-state index contributed by atoms with van der Waals surface area (Å²) in [5.41, 5.74) is 1.83. The Bertz CT molecular complexity index is 729. The summed E-state index contributed by atoms with van der Waals surface area (Å²) in [6.07, 6.45) is 0.440. The van der Waals surface area contributed by atoms with E-state index in [1.165, 1.54) is 13.0 Å². The van der Waals surface area contributed by atoms with E-state index >= 15 is 0 Å². The second kappa shape index (κ2) is 7.69. The topological polar surface area (TPSA) is 94.5 Å². The summed E-state index contributed by atoms with van der Waals surface area (Å²) in [6.45, 7) is 2.84. The molecule has 2 N–H and O–H groups in total. The molecule has 0 aliphatic carbocycles. The van der Waals surface area contributed by atoms with E-state index in [4.69, 9.17) is 9.94 Å². The van der Waals surface area contributed by atoms with Crippen molar-refractivity contribution >= 4 is 28.9 Å². The van der Waals surface area contributed by atoms with Crippen molar-refractivity contribution in [2.45, 2.75) is 25.9 Å². The van der Waals surface area contributed by atoms with Gasteiger partial charge < -0.3 is 19.7 Å². The standard InChI is InChI=1S/C17H21FN4O4/c1-11(23)19-17(24)16-9-22(10-26-16)13-2-3-15(14(18)8-13)21-6-4-12(20-25)5-7-21/h2-3,8,16,25H,4-7,9-10H2,1H3,(H,19,23,24)/t16-/m0/s1. The Morgan fingerprint density at radius 3 is 2.65 bits per heavy atom. The first kappa shape index (κ1) is 18.1. The first-order valence-electron chi connectivity index (χ1n) is 8.40. The van der Waals surface area contributed by atoms with Gasteiger partial charge in [0.25, 0.3) is 5.91 Å². The molecule has 26 heavy (non-hydrogen) atoms. The minimum absolute atomic E-state index is 0.148. The van der Waals surface area contributed by atoms with Crippen molar-refractivity contribution in [3.63, 3.8) is 0 Å². The van der Waals surface area contributed by atoms with Crippen LogP contribution in [0.15, 0.2) is 23.4 Å². The van der Waals surface area contributed by atoms with E-state index < -0.39 is 17.9 Å². The zero-order valence-corrected chi connectivity index (χ0v) is 14.4. The van der Waals surface area contributed by atoms with E-state index in [2.05, 4.69) is 10.5 Å². The van der Waals surface area contributed by atoms with Crippen LogP contribution in [-0.2, 0) is 14.3 Å². The number of benzene rings is 1. The van der Waals surface area contributed by atoms with Crippen molar-refractivity contribution in [3.8, 4) is 0 Å². The number of rotatable bonds is 3. The van der Waals surface area contributed by atoms with Gasteiger partial charge >= 0.3 is 0 Å². The van der Waals surface area contributed by atoms with Gasteiger partial charge in [-0.05, 0) is 18.2 Å². The molecule has 2 aliphatic heterocycles. The molecule has 2 heterocycles. The first-order chi connectivity index (χ1) is 12.5. The molecule has 0 unspecified atom stereocenters. The first-order valence-corrected chi connectivity index (χ1v) is 8.40. The number of hydrogen-bond acceptors (Lipinski definition) is 7. The van der Waals surface area contributed by atoms with Crippen molar-refractivity contribution in [1.29, 1.82) is 0 Å². The van der Waals surface area contributed by atoms with E-state index in [9.17, 15) is 14.0 Å². The summed E-state index contributed by atoms with van der Waals surface area (Å²) < 4.78 is 20.0. The van der Waals surface area contributed by atoms with Crippen LogP contribution < -0.4 is 15.1 Å². The molecular weight excluding hydrogens is 343 g/mol. The molecule has 0 spiro atoms. The van der Waals surface area contributed by atoms with Gasteiger partial charge in [0.05, 0.1) is 17.9 Å². The van der Waals surface area contributed by atoms with Gasteiger partial charge in [-0.25, -0.2) is 4.39 Å². The van der Waals surface area contributed by atoms with Gasteiger partial charge in [-0.15, -0.1) is 0 Å². The van der Waals surface area contributed by atoms with Gasteiger partial charge in [-0.1, -0.05) is 5.16 Å². The number of carbonyl (C=O) groups excluding carboxylic acids is 2. The molecule has 2 amide bonds. The number of nitrogens with zero attached hydrogens (tertiary/aromatic N) is 3. The number of hydrogen-bond donors (Lipinski definition) is 2. The number of ether oxygens (including phenoxy) is 1. The van der Waals surface area contributed by atoms with E-state index in [1.807, 2.05) is 4.90 Å². The fourth-order valence-corrected chi connectivity index (χ4v) is 3.13. The number of piperidine rings is 1. The highest BCUT2D eigenvalue weighted by molar-refractivity contribution is 5.96. The molecule has 1 atom stereocenters. The van der Waals surface area contributed by atoms with Crippen molar-refractivity contribution in [2.75, 3.05) is 36.2 Å². The Morgan fingerprint density at radius 1 is 1.31 bits per heavy atom. The predicted octanol–water partition coefficient (Wildman–Crippen LogP) is 1.08. The number of nitrogens with one attached hydrogen (secondary N) is 1. The van der Waals surface area contributed by atoms with Crippen LogP contribution in [0.3, 0.4) is 0 Å². The average Bonchev–Trinajstić information content (AvgIpc) is 3.11. The number of halogens is 1. The highest BCUT2D eigenvalue weighted by Gasteiger charge is 2.30. The number of carbonyl (C=O) groups is 2. The van der Waals surface area contributed by atoms with Gasteiger partial charge in [0.1, 0.15) is 12.5 Å². The Hall–Kier alpha value is -2.68. The third kappa shape index (κ3) is 3.93. The van der Waals surface area contributed by atoms with Crippen molar-refractivity contribution < 1.29 is 23.9 Å². The lowest BCUT2D eigenvalue weighted by atomic mass is 10.1. The van der Waals surface area contributed by atoms with Crippen LogP contribution in [0, 0.1) is 5.82 Å². The van der Waals surface area contributed by atoms with Crippen molar-refractivity contribution in [3.05, 3.63) is 24.0 Å². The lowest BCUT2D eigenvalue weighted by molar-refractivity contribution is -0.135. The molecule has 1 aromatic carbocycles. The molecule has 2 aliphatic rings. The summed E-state index contributed by atoms with van der Waals surface area (Å²) in [7, 11) is 0. The van der Waals surface area contributed by atoms with Crippen molar-refractivity contribution in [1.82, 2.24) is 5.32 Å². The summed E-state index contributed by atoms with van der Waals surface area (Å²) in [6, 6.07) is 4.90. The summed E-state index contributed by atoms with van der Waals surface area (Å²) in [5.74, 6) is -1.29. The van der Waals surface area contributed by atoms with Crippen LogP contribution in [0.5, 0.6) is 0 Å². The largest absolute Gasteiger partial charge is 0.411 e. The average molecular weight is 364 g/mol. The maximum atomic E-state index is 14.6. The van der Waals surface area contributed by atoms with E-state index in [-0.39, 0.29) is 19.1 Å². The van der Waals surface area contributed by atoms with Crippen LogP contribution in [-0.4, -0.2) is 55.2 Å². The fourth-order valence-electron chi connectivity index (χ4n) is 3.13. The second-order valence-electron chi connectivity index (χ2n) is 6.34. The smallest absolute Gasteiger partial charge is 0.257 e. The minimum Gasteiger partial charge on any atom is -0.411 e. The van der Waals surface area contributed by atoms with Crippen LogP contribution in [0.1, 0.15) is 19.8 Å². The predicted molar refractivity (Wildman–Crippen MR) is 93.0 cm³/mol. The van der Waals surface area contributed by atoms with Gasteiger partial charge in [-0.2, -0.15) is 0 Å². The van der Waals surface area contributed by atoms with Crippen molar-refractivity contribution in [2.24, 2.45) is 5.16 Å². The SMILES string of the molecule is CC(=O)NC(=O)[C@@H]1CN(c2ccc(N3CCC(=NO)CC3)c(F)c2)CO1. The molecule has 0 bridgehead atoms. The Kier molecular flexibility index (Phi) is 5.36. The Balaban J connectivity index is 1.65. The molecule has 2 saturated heterocycles. The number of anilines is 2. The molecule has 0 saturated carbocycles. The summed E-state index contributed by atoms with van der Waals surface area (Å²) in [5, 5.41) is 14.2. The maximum absolute atomic E-state index is 14.6. The zero-order chi connectivity index (χ0) is 18.7. The quantitative estimate of drug-likeness (QED) is 0.616. The molecule has 0 radical (unpaired) electrons. The van der Waals surface area contributed by atoms with E-state index in [1.54, 1.807) is 17.0 Å². The van der Waals surface area contributed by atoms with Gasteiger partial charge in [0, 0.05) is 38.5 Å². The van der Waals surface area contributed by atoms with Crippen LogP contribution in [0.2, 0.25) is 0 Å². The minimum atomic E-state index is -0.764. The summed E-state index contributed by atoms with van der Waals surface area (Å²) >= 11 is 0. The third-order valence-electron chi connectivity index (χ3n) is 4.53. The lowest BCUT2D eigenvalue weighted by Gasteiger charge is -2.30. The fraction of sp³-hybridized carbons (Fsp3) is 0.471. The number of imide groups is 1. The van der Waals surface area contributed by atoms with Gasteiger partial charge in [0.15, 0.2) is 6.10 Å². The number of oxime groups is 1. The Labute approximate surface area is 150 Å². The Morgan fingerprint density at radius 2 is 2.04 bits per heavy atom. The molecule has 0 aromatic heterocycles. The van der Waals surface area contributed by atoms with E-state index in [0.29, 0.717) is 37.3 Å². The molecule has 2 fully saturated rings. The van der Waals surface area contributed by atoms with Gasteiger partial charge in [-0.3, -0.25) is 14.9 Å². The van der Waals surface area contributed by atoms with Crippen LogP contribution >= 0.6 is 0 Å². The summed E-state index contributed by atoms with van der Waals surface area (Å²) in [4.78, 5) is 26.4. The number of amides is 2. The second-order valence-corrected chi connectivity index (χ2v) is 6.34. The maximum Gasteiger partial charge on any atom is 0.257 e. The third-order valence-corrected chi connectivity index (χ3v) is 4.53. The van der Waals surface area contributed by atoms with Crippen LogP contribution in [0.25, 0.3) is 0 Å². The highest BCUT2D eigenvalue weighted by atomic mass is 19.1. The highest BCUT2D eigenvalue weighted by Crippen LogP contribution is 2.28. The van der Waals surface area contributed by atoms with Crippen LogP contribution in [0.4, 0.5) is 15.8 Å². The normalized spacial score (nSPS) is 20.2. The zero-order valence-electron chi connectivity index (χ0n) is 14.4. The molecule has 9 heteroatoms. The molecule has 3 rings (SSSR count). The molecular formula is C17H21FN4O4. The van der Waals surface area contributed by atoms with Gasteiger partial charge in [0.2, 0.25) is 5.91 Å². The molecule has 1 aromatic rings. The monoisotopic (exact) mass is 364 g/mol. The molecule has 8 nitrogen and oxygen atoms in total. The lowest BCUT2D eigenvalue weighted by Crippen LogP contribution is -2.39. The van der Waals surface area contributed by atoms with E-state index in [0.717, 1.165) is 5.71 Å².